The monoisotopic (exact) mass is 250 g/mol. The first-order chi connectivity index (χ1) is 7.70. The Kier molecular flexibility index (Phi) is 3.13. The van der Waals surface area contributed by atoms with Gasteiger partial charge in [-0.25, -0.2) is 9.97 Å². The number of allylic oxidation sites excluding steroid dienone is 2. The van der Waals surface area contributed by atoms with Crippen molar-refractivity contribution >= 4 is 28.9 Å². The summed E-state index contributed by atoms with van der Waals surface area (Å²) in [5, 5.41) is 15.3. The van der Waals surface area contributed by atoms with Crippen molar-refractivity contribution in [3.05, 3.63) is 39.4 Å². The van der Waals surface area contributed by atoms with E-state index in [-0.39, 0.29) is 0 Å². The zero-order valence-electron chi connectivity index (χ0n) is 8.36. The van der Waals surface area contributed by atoms with Crippen LogP contribution in [0.1, 0.15) is 12.6 Å². The molecule has 0 amide bonds. The number of hydrogen-bond donors (Lipinski definition) is 1. The van der Waals surface area contributed by atoms with Crippen molar-refractivity contribution in [2.75, 3.05) is 0 Å². The van der Waals surface area contributed by atoms with Crippen LogP contribution in [0.4, 0.5) is 0 Å². The Morgan fingerprint density at radius 2 is 2.38 bits per heavy atom. The number of nitriles is 1. The Morgan fingerprint density at radius 1 is 1.56 bits per heavy atom. The van der Waals surface area contributed by atoms with Crippen LogP contribution >= 0.6 is 23.4 Å². The molecule has 0 spiro atoms. The molecule has 0 aliphatic carbocycles. The van der Waals surface area contributed by atoms with Gasteiger partial charge in [-0.05, 0) is 12.3 Å². The molecule has 0 radical (unpaired) electrons. The molecule has 1 aliphatic rings. The van der Waals surface area contributed by atoms with Crippen LogP contribution in [0, 0.1) is 11.3 Å². The maximum atomic E-state index is 9.13. The normalized spacial score (nSPS) is 17.4. The third-order valence-electron chi connectivity index (χ3n) is 1.89. The molecule has 80 valence electrons. The molecule has 0 atom stereocenters. The zero-order valence-corrected chi connectivity index (χ0v) is 9.93. The smallest absolute Gasteiger partial charge is 0.133 e. The number of nitrogens with one attached hydrogen (secondary N) is 1. The van der Waals surface area contributed by atoms with Gasteiger partial charge in [-0.1, -0.05) is 23.4 Å². The molecule has 6 heteroatoms. The van der Waals surface area contributed by atoms with Crippen LogP contribution in [0.3, 0.4) is 0 Å². The number of halogens is 1. The van der Waals surface area contributed by atoms with Gasteiger partial charge < -0.3 is 5.32 Å². The molecule has 0 aromatic carbocycles. The minimum absolute atomic E-state index is 0.325. The van der Waals surface area contributed by atoms with Gasteiger partial charge in [0.2, 0.25) is 0 Å². The second-order valence-electron chi connectivity index (χ2n) is 3.09. The Hall–Kier alpha value is -1.51. The van der Waals surface area contributed by atoms with Crippen molar-refractivity contribution < 1.29 is 0 Å². The van der Waals surface area contributed by atoms with Gasteiger partial charge in [0.25, 0.3) is 0 Å². The van der Waals surface area contributed by atoms with Gasteiger partial charge >= 0.3 is 0 Å². The van der Waals surface area contributed by atoms with Gasteiger partial charge in [0.05, 0.1) is 10.7 Å². The van der Waals surface area contributed by atoms with E-state index >= 15 is 0 Å². The van der Waals surface area contributed by atoms with E-state index < -0.39 is 0 Å². The predicted molar refractivity (Wildman–Crippen MR) is 64.1 cm³/mol. The van der Waals surface area contributed by atoms with Gasteiger partial charge in [-0.2, -0.15) is 5.26 Å². The summed E-state index contributed by atoms with van der Waals surface area (Å²) in [4.78, 5) is 7.81. The topological polar surface area (TPSA) is 61.6 Å². The number of aromatic nitrogens is 2. The highest BCUT2D eigenvalue weighted by molar-refractivity contribution is 8.06. The molecule has 1 aromatic rings. The highest BCUT2D eigenvalue weighted by Gasteiger charge is 2.15. The lowest BCUT2D eigenvalue weighted by Gasteiger charge is -2.04. The summed E-state index contributed by atoms with van der Waals surface area (Å²) in [6.45, 7) is 1.93. The minimum atomic E-state index is 0.325. The number of nitrogens with zero attached hydrogens (tertiary/aromatic N) is 3. The molecule has 0 bridgehead atoms. The first kappa shape index (κ1) is 11.0. The minimum Gasteiger partial charge on any atom is -0.352 e. The second kappa shape index (κ2) is 4.56. The van der Waals surface area contributed by atoms with Crippen molar-refractivity contribution in [1.82, 2.24) is 15.3 Å². The summed E-state index contributed by atoms with van der Waals surface area (Å²) in [5.74, 6) is 0. The fourth-order valence-electron chi connectivity index (χ4n) is 1.20. The van der Waals surface area contributed by atoms with Crippen LogP contribution in [0.25, 0.3) is 5.57 Å². The first-order valence-corrected chi connectivity index (χ1v) is 5.69. The Labute approximate surface area is 102 Å². The van der Waals surface area contributed by atoms with Gasteiger partial charge in [0, 0.05) is 11.8 Å². The fourth-order valence-corrected chi connectivity index (χ4v) is 2.19. The Bertz CT molecular complexity index is 530. The largest absolute Gasteiger partial charge is 0.352 e. The van der Waals surface area contributed by atoms with Crippen molar-refractivity contribution in [2.24, 2.45) is 0 Å². The summed E-state index contributed by atoms with van der Waals surface area (Å²) >= 11 is 7.22. The molecule has 0 saturated carbocycles. The van der Waals surface area contributed by atoms with Crippen molar-refractivity contribution in [1.29, 1.82) is 5.26 Å². The van der Waals surface area contributed by atoms with Gasteiger partial charge in [-0.3, -0.25) is 0 Å². The van der Waals surface area contributed by atoms with E-state index in [1.807, 2.05) is 12.3 Å². The highest BCUT2D eigenvalue weighted by Crippen LogP contribution is 2.30. The van der Waals surface area contributed by atoms with Gasteiger partial charge in [0.15, 0.2) is 0 Å². The van der Waals surface area contributed by atoms with Crippen LogP contribution in [-0.4, -0.2) is 9.97 Å². The molecule has 1 N–H and O–H groups in total. The summed E-state index contributed by atoms with van der Waals surface area (Å²) in [5.41, 5.74) is 2.01. The molecule has 0 fully saturated rings. The molecule has 2 heterocycles. The fraction of sp³-hybridized carbons (Fsp3) is 0.100. The molecule has 1 aliphatic heterocycles. The summed E-state index contributed by atoms with van der Waals surface area (Å²) in [6.07, 6.45) is 1.34. The van der Waals surface area contributed by atoms with E-state index in [1.54, 1.807) is 6.07 Å². The van der Waals surface area contributed by atoms with Crippen molar-refractivity contribution in [3.8, 4) is 6.07 Å². The average molecular weight is 251 g/mol. The van der Waals surface area contributed by atoms with E-state index in [0.29, 0.717) is 16.4 Å². The van der Waals surface area contributed by atoms with E-state index in [2.05, 4.69) is 21.4 Å². The Balaban J connectivity index is 2.42. The van der Waals surface area contributed by atoms with Crippen LogP contribution in [0.2, 0.25) is 5.15 Å². The summed E-state index contributed by atoms with van der Waals surface area (Å²) < 4.78 is 0. The zero-order chi connectivity index (χ0) is 11.5. The molecule has 16 heavy (non-hydrogen) atoms. The first-order valence-electron chi connectivity index (χ1n) is 4.43. The number of thioether (sulfide) groups is 1. The number of rotatable bonds is 1. The van der Waals surface area contributed by atoms with Crippen molar-refractivity contribution in [3.63, 3.8) is 0 Å². The van der Waals surface area contributed by atoms with Crippen LogP contribution in [-0.2, 0) is 0 Å². The van der Waals surface area contributed by atoms with E-state index in [4.69, 9.17) is 16.9 Å². The average Bonchev–Trinajstić information content (AvgIpc) is 2.66. The molecule has 0 saturated heterocycles. The maximum Gasteiger partial charge on any atom is 0.133 e. The summed E-state index contributed by atoms with van der Waals surface area (Å²) in [6, 6.07) is 3.69. The molecular weight excluding hydrogens is 244 g/mol. The SMILES string of the molecule is CC1=CSC(=C(C#N)c2cc(Cl)ncn2)N1. The molecular formula is C10H7ClN4S. The van der Waals surface area contributed by atoms with E-state index in [0.717, 1.165) is 10.7 Å². The maximum absolute atomic E-state index is 9.13. The molecule has 4 nitrogen and oxygen atoms in total. The van der Waals surface area contributed by atoms with Crippen LogP contribution in [0.5, 0.6) is 0 Å². The summed E-state index contributed by atoms with van der Waals surface area (Å²) in [7, 11) is 0. The Morgan fingerprint density at radius 3 is 2.94 bits per heavy atom. The second-order valence-corrected chi connectivity index (χ2v) is 4.35. The van der Waals surface area contributed by atoms with Crippen molar-refractivity contribution in [2.45, 2.75) is 6.92 Å². The van der Waals surface area contributed by atoms with Crippen LogP contribution in [0.15, 0.2) is 28.5 Å². The van der Waals surface area contributed by atoms with Gasteiger partial charge in [-0.15, -0.1) is 0 Å². The van der Waals surface area contributed by atoms with Gasteiger partial charge in [0.1, 0.15) is 23.1 Å². The third-order valence-corrected chi connectivity index (χ3v) is 3.11. The van der Waals surface area contributed by atoms with E-state index in [9.17, 15) is 0 Å². The molecule has 2 rings (SSSR count). The number of hydrogen-bond acceptors (Lipinski definition) is 5. The predicted octanol–water partition coefficient (Wildman–Crippen LogP) is 2.52. The lowest BCUT2D eigenvalue weighted by atomic mass is 10.2. The quantitative estimate of drug-likeness (QED) is 0.613. The van der Waals surface area contributed by atoms with Crippen LogP contribution < -0.4 is 5.32 Å². The standard InChI is InChI=1S/C10H7ClN4S/c1-6-4-16-10(15-6)7(3-12)8-2-9(11)14-5-13-8/h2,4-5,15H,1H3. The lowest BCUT2D eigenvalue weighted by Crippen LogP contribution is -2.05. The highest BCUT2D eigenvalue weighted by atomic mass is 35.5. The third kappa shape index (κ3) is 2.18. The van der Waals surface area contributed by atoms with E-state index in [1.165, 1.54) is 18.1 Å². The molecule has 1 aromatic heterocycles. The molecule has 0 unspecified atom stereocenters. The lowest BCUT2D eigenvalue weighted by molar-refractivity contribution is 1.06.